The predicted molar refractivity (Wildman–Crippen MR) is 162 cm³/mol. The number of amides is 3. The Labute approximate surface area is 251 Å². The number of ether oxygens (including phenoxy) is 2. The van der Waals surface area contributed by atoms with Gasteiger partial charge in [-0.1, -0.05) is 66.2 Å². The van der Waals surface area contributed by atoms with Crippen LogP contribution in [0.15, 0.2) is 66.7 Å². The van der Waals surface area contributed by atoms with E-state index in [9.17, 15) is 14.4 Å². The molecule has 0 aromatic heterocycles. The second-order valence-corrected chi connectivity index (χ2v) is 10.0. The lowest BCUT2D eigenvalue weighted by molar-refractivity contribution is -0.172. The van der Waals surface area contributed by atoms with Crippen LogP contribution in [0.3, 0.4) is 0 Å². The number of hydroxylamine groups is 1. The highest BCUT2D eigenvalue weighted by atomic mass is 35.5. The fourth-order valence-electron chi connectivity index (χ4n) is 4.46. The maximum atomic E-state index is 12.6. The number of nitrogens with zero attached hydrogens (tertiary/aromatic N) is 1. The van der Waals surface area contributed by atoms with E-state index in [4.69, 9.17) is 25.9 Å². The molecule has 0 fully saturated rings. The van der Waals surface area contributed by atoms with Gasteiger partial charge < -0.3 is 24.9 Å². The second-order valence-electron chi connectivity index (χ2n) is 9.60. The largest absolute Gasteiger partial charge is 0.351 e. The molecule has 3 aromatic carbocycles. The van der Waals surface area contributed by atoms with Crippen LogP contribution in [-0.2, 0) is 37.0 Å². The Hall–Kier alpha value is -3.54. The van der Waals surface area contributed by atoms with Gasteiger partial charge in [0, 0.05) is 37.9 Å². The molecule has 0 radical (unpaired) electrons. The van der Waals surface area contributed by atoms with Crippen LogP contribution < -0.4 is 16.1 Å². The van der Waals surface area contributed by atoms with Crippen LogP contribution in [0.1, 0.15) is 31.9 Å². The van der Waals surface area contributed by atoms with E-state index in [-0.39, 0.29) is 19.1 Å². The molecule has 3 N–H and O–H groups in total. The molecule has 11 heteroatoms. The number of nitrogens with one attached hydrogen (secondary N) is 3. The van der Waals surface area contributed by atoms with Gasteiger partial charge in [0.2, 0.25) is 5.91 Å². The van der Waals surface area contributed by atoms with Gasteiger partial charge >= 0.3 is 6.03 Å². The van der Waals surface area contributed by atoms with Gasteiger partial charge in [-0.15, -0.1) is 0 Å². The number of urea groups is 1. The summed E-state index contributed by atoms with van der Waals surface area (Å²) in [5.41, 5.74) is 4.09. The van der Waals surface area contributed by atoms with Crippen molar-refractivity contribution in [2.24, 2.45) is 0 Å². The van der Waals surface area contributed by atoms with E-state index in [0.29, 0.717) is 31.1 Å². The quantitative estimate of drug-likeness (QED) is 0.121. The number of hydrogen-bond acceptors (Lipinski definition) is 7. The van der Waals surface area contributed by atoms with E-state index >= 15 is 0 Å². The Morgan fingerprint density at radius 3 is 2.36 bits per heavy atom. The van der Waals surface area contributed by atoms with Crippen molar-refractivity contribution in [3.05, 3.63) is 82.9 Å². The summed E-state index contributed by atoms with van der Waals surface area (Å²) in [7, 11) is 0. The fraction of sp³-hybridized carbons (Fsp3) is 0.387. The highest BCUT2D eigenvalue weighted by molar-refractivity contribution is 6.30. The van der Waals surface area contributed by atoms with Crippen LogP contribution in [0.5, 0.6) is 0 Å². The SMILES string of the molecule is CCOC(OCC)[C@H](C)N(Cc1cccc2ccccc12)C[C@@H](C=O)NC(=O)CONC(=O)NCc1ccc(Cl)cc1. The zero-order valence-corrected chi connectivity index (χ0v) is 24.9. The number of carbonyl (C=O) groups excluding carboxylic acids is 3. The molecule has 42 heavy (non-hydrogen) atoms. The van der Waals surface area contributed by atoms with Gasteiger partial charge in [-0.2, -0.15) is 0 Å². The van der Waals surface area contributed by atoms with Gasteiger partial charge in [-0.3, -0.25) is 14.5 Å². The summed E-state index contributed by atoms with van der Waals surface area (Å²) in [5.74, 6) is -0.561. The lowest BCUT2D eigenvalue weighted by Crippen LogP contribution is -2.51. The number of halogens is 1. The van der Waals surface area contributed by atoms with Gasteiger partial charge in [-0.25, -0.2) is 10.3 Å². The molecule has 226 valence electrons. The van der Waals surface area contributed by atoms with Gasteiger partial charge in [-0.05, 0) is 54.8 Å². The van der Waals surface area contributed by atoms with Crippen LogP contribution in [0.25, 0.3) is 10.8 Å². The Bertz CT molecular complexity index is 1280. The number of carbonyl (C=O) groups is 3. The first-order valence-corrected chi connectivity index (χ1v) is 14.3. The van der Waals surface area contributed by atoms with Crippen molar-refractivity contribution in [3.8, 4) is 0 Å². The molecule has 0 heterocycles. The highest BCUT2D eigenvalue weighted by Crippen LogP contribution is 2.22. The summed E-state index contributed by atoms with van der Waals surface area (Å²) in [6.07, 6.45) is 0.153. The zero-order valence-electron chi connectivity index (χ0n) is 24.2. The normalized spacial score (nSPS) is 12.7. The molecule has 0 spiro atoms. The first-order valence-electron chi connectivity index (χ1n) is 13.9. The van der Waals surface area contributed by atoms with Crippen LogP contribution in [-0.4, -0.2) is 67.9 Å². The minimum absolute atomic E-state index is 0.200. The lowest BCUT2D eigenvalue weighted by Gasteiger charge is -2.35. The van der Waals surface area contributed by atoms with Crippen molar-refractivity contribution >= 4 is 40.6 Å². The third kappa shape index (κ3) is 10.4. The summed E-state index contributed by atoms with van der Waals surface area (Å²) in [6, 6.07) is 19.5. The molecule has 3 rings (SSSR count). The van der Waals surface area contributed by atoms with Crippen molar-refractivity contribution in [1.29, 1.82) is 0 Å². The first kappa shape index (κ1) is 33.0. The topological polar surface area (TPSA) is 118 Å². The molecule has 0 aliphatic heterocycles. The van der Waals surface area contributed by atoms with Crippen molar-refractivity contribution in [3.63, 3.8) is 0 Å². The third-order valence-electron chi connectivity index (χ3n) is 6.56. The summed E-state index contributed by atoms with van der Waals surface area (Å²) >= 11 is 5.87. The Morgan fingerprint density at radius 1 is 0.976 bits per heavy atom. The lowest BCUT2D eigenvalue weighted by atomic mass is 10.0. The first-order chi connectivity index (χ1) is 20.3. The van der Waals surface area contributed by atoms with E-state index in [0.717, 1.165) is 21.9 Å². The van der Waals surface area contributed by atoms with E-state index in [1.54, 1.807) is 24.3 Å². The van der Waals surface area contributed by atoms with Crippen molar-refractivity contribution in [2.75, 3.05) is 26.4 Å². The molecule has 10 nitrogen and oxygen atoms in total. The van der Waals surface area contributed by atoms with Gasteiger partial charge in [0.25, 0.3) is 0 Å². The Kier molecular flexibility index (Phi) is 13.7. The van der Waals surface area contributed by atoms with Gasteiger partial charge in [0.15, 0.2) is 12.9 Å². The second kappa shape index (κ2) is 17.4. The van der Waals surface area contributed by atoms with Gasteiger partial charge in [0.05, 0.1) is 12.1 Å². The summed E-state index contributed by atoms with van der Waals surface area (Å²) in [4.78, 5) is 43.8. The monoisotopic (exact) mass is 598 g/mol. The Balaban J connectivity index is 1.60. The average Bonchev–Trinajstić information content (AvgIpc) is 2.99. The molecule has 0 aliphatic rings. The molecule has 0 saturated carbocycles. The van der Waals surface area contributed by atoms with E-state index in [2.05, 4.69) is 39.2 Å². The van der Waals surface area contributed by atoms with Crippen LogP contribution in [0, 0.1) is 0 Å². The smallest absolute Gasteiger partial charge is 0.338 e. The minimum Gasteiger partial charge on any atom is -0.351 e. The van der Waals surface area contributed by atoms with Crippen molar-refractivity contribution < 1.29 is 28.7 Å². The van der Waals surface area contributed by atoms with E-state index < -0.39 is 30.9 Å². The van der Waals surface area contributed by atoms with Gasteiger partial charge in [0.1, 0.15) is 6.29 Å². The molecule has 0 unspecified atom stereocenters. The van der Waals surface area contributed by atoms with E-state index in [1.165, 1.54) is 0 Å². The number of fused-ring (bicyclic) bond motifs is 1. The Morgan fingerprint density at radius 2 is 1.67 bits per heavy atom. The number of hydrogen-bond donors (Lipinski definition) is 3. The third-order valence-corrected chi connectivity index (χ3v) is 6.81. The molecular weight excluding hydrogens is 560 g/mol. The summed E-state index contributed by atoms with van der Waals surface area (Å²) < 4.78 is 11.7. The predicted octanol–water partition coefficient (Wildman–Crippen LogP) is 4.20. The standard InChI is InChI=1S/C31H39ClN4O6/c1-4-40-30(41-5-2)22(3)36(18-25-11-8-10-24-9-6-7-12-28(24)25)19-27(20-37)34-29(38)21-42-35-31(39)33-17-23-13-15-26(32)16-14-23/h6-16,20,22,27,30H,4-5,17-19,21H2,1-3H3,(H,34,38)(H2,33,35,39)/t22-,27-/m0/s1. The van der Waals surface area contributed by atoms with Crippen molar-refractivity contribution in [1.82, 2.24) is 21.0 Å². The molecular formula is C31H39ClN4O6. The average molecular weight is 599 g/mol. The highest BCUT2D eigenvalue weighted by Gasteiger charge is 2.28. The number of aldehydes is 1. The van der Waals surface area contributed by atoms with Crippen LogP contribution in [0.4, 0.5) is 4.79 Å². The maximum absolute atomic E-state index is 12.6. The molecule has 3 amide bonds. The van der Waals surface area contributed by atoms with Crippen LogP contribution in [0.2, 0.25) is 5.02 Å². The van der Waals surface area contributed by atoms with E-state index in [1.807, 2.05) is 45.0 Å². The molecule has 0 aliphatic carbocycles. The molecule has 3 aromatic rings. The summed E-state index contributed by atoms with van der Waals surface area (Å²) in [6.45, 7) is 7.16. The molecule has 0 saturated heterocycles. The minimum atomic E-state index is -0.846. The van der Waals surface area contributed by atoms with Crippen molar-refractivity contribution in [2.45, 2.75) is 52.2 Å². The molecule has 2 atom stereocenters. The number of rotatable bonds is 17. The molecule has 0 bridgehead atoms. The van der Waals surface area contributed by atoms with Crippen LogP contribution >= 0.6 is 11.6 Å². The number of benzene rings is 3. The summed E-state index contributed by atoms with van der Waals surface area (Å²) in [5, 5.41) is 8.09. The fourth-order valence-corrected chi connectivity index (χ4v) is 4.59. The zero-order chi connectivity index (χ0) is 30.3. The maximum Gasteiger partial charge on any atom is 0.338 e.